The highest BCUT2D eigenvalue weighted by Crippen LogP contribution is 2.14. The summed E-state index contributed by atoms with van der Waals surface area (Å²) in [6.07, 6.45) is 0. The van der Waals surface area contributed by atoms with E-state index in [1.54, 1.807) is 12.1 Å². The van der Waals surface area contributed by atoms with Crippen molar-refractivity contribution in [3.8, 4) is 0 Å². The van der Waals surface area contributed by atoms with Gasteiger partial charge in [-0.25, -0.2) is 8.42 Å². The molecule has 22 heavy (non-hydrogen) atoms. The van der Waals surface area contributed by atoms with E-state index in [4.69, 9.17) is 0 Å². The summed E-state index contributed by atoms with van der Waals surface area (Å²) in [6.45, 7) is 6.40. The van der Waals surface area contributed by atoms with Gasteiger partial charge in [-0.3, -0.25) is 0 Å². The zero-order valence-electron chi connectivity index (χ0n) is 13.4. The lowest BCUT2D eigenvalue weighted by atomic mass is 10.2. The fraction of sp³-hybridized carbons (Fsp3) is 0.375. The monoisotopic (exact) mass is 341 g/mol. The summed E-state index contributed by atoms with van der Waals surface area (Å²) in [7, 11) is 0.258. The van der Waals surface area contributed by atoms with Crippen LogP contribution >= 0.6 is 11.3 Å². The number of hydrogen-bond acceptors (Lipinski definition) is 4. The van der Waals surface area contributed by atoms with Gasteiger partial charge in [0.15, 0.2) is 0 Å². The van der Waals surface area contributed by atoms with Crippen molar-refractivity contribution in [1.82, 2.24) is 0 Å². The third kappa shape index (κ3) is 6.70. The Labute approximate surface area is 137 Å². The summed E-state index contributed by atoms with van der Waals surface area (Å²) in [5.74, 6) is 0. The molecule has 4 nitrogen and oxygen atoms in total. The van der Waals surface area contributed by atoms with Gasteiger partial charge in [-0.2, -0.15) is 0 Å². The first-order valence-electron chi connectivity index (χ1n) is 7.01. The average Bonchev–Trinajstić information content (AvgIpc) is 2.91. The van der Waals surface area contributed by atoms with Crippen molar-refractivity contribution in [3.05, 3.63) is 52.2 Å². The topological polar surface area (TPSA) is 57.2 Å². The van der Waals surface area contributed by atoms with Crippen LogP contribution in [-0.4, -0.2) is 38.1 Å². The minimum Gasteiger partial charge on any atom is -0.744 e. The van der Waals surface area contributed by atoms with E-state index in [0.717, 1.165) is 16.6 Å². The van der Waals surface area contributed by atoms with Crippen LogP contribution < -0.4 is 0 Å². The first kappa shape index (κ1) is 18.8. The largest absolute Gasteiger partial charge is 0.744 e. The molecule has 0 aliphatic rings. The van der Waals surface area contributed by atoms with Gasteiger partial charge in [0.25, 0.3) is 0 Å². The quantitative estimate of drug-likeness (QED) is 0.633. The lowest BCUT2D eigenvalue weighted by Crippen LogP contribution is -2.37. The van der Waals surface area contributed by atoms with Crippen molar-refractivity contribution in [2.24, 2.45) is 0 Å². The Morgan fingerprint density at radius 3 is 2.14 bits per heavy atom. The van der Waals surface area contributed by atoms with E-state index in [-0.39, 0.29) is 4.90 Å². The molecule has 0 aliphatic carbocycles. The minimum absolute atomic E-state index is 0.178. The normalized spacial score (nSPS) is 11.7. The number of quaternary nitrogens is 1. The van der Waals surface area contributed by atoms with E-state index >= 15 is 0 Å². The number of rotatable bonds is 4. The number of benzene rings is 1. The number of hydrogen-bond donors (Lipinski definition) is 0. The third-order valence-electron chi connectivity index (χ3n) is 3.33. The van der Waals surface area contributed by atoms with Gasteiger partial charge < -0.3 is 9.04 Å². The predicted molar refractivity (Wildman–Crippen MR) is 89.8 cm³/mol. The number of aryl methyl sites for hydroxylation is 1. The average molecular weight is 341 g/mol. The van der Waals surface area contributed by atoms with Crippen molar-refractivity contribution >= 4 is 21.5 Å². The molecule has 0 aliphatic heterocycles. The van der Waals surface area contributed by atoms with Crippen LogP contribution in [-0.2, 0) is 16.7 Å². The molecule has 2 rings (SSSR count). The van der Waals surface area contributed by atoms with E-state index in [1.165, 1.54) is 23.6 Å². The molecule has 6 heteroatoms. The summed E-state index contributed by atoms with van der Waals surface area (Å²) in [4.78, 5) is 1.31. The van der Waals surface area contributed by atoms with Crippen LogP contribution in [0.5, 0.6) is 0 Å². The lowest BCUT2D eigenvalue weighted by molar-refractivity contribution is -0.901. The molecule has 0 fully saturated rings. The van der Waals surface area contributed by atoms with Crippen LogP contribution in [0.2, 0.25) is 0 Å². The molecule has 2 aromatic rings. The Morgan fingerprint density at radius 1 is 1.14 bits per heavy atom. The molecular formula is C16H23NO3S2. The van der Waals surface area contributed by atoms with E-state index in [0.29, 0.717) is 0 Å². The molecule has 0 saturated heterocycles. The molecular weight excluding hydrogens is 318 g/mol. The maximum atomic E-state index is 10.4. The minimum atomic E-state index is -4.27. The molecule has 0 N–H and O–H groups in total. The second-order valence-electron chi connectivity index (χ2n) is 5.76. The SMILES string of the molecule is CC[N+](C)(C)Cc1cccs1.Cc1ccc(S(=O)(=O)[O-])cc1. The Bertz CT molecular complexity index is 660. The molecule has 0 saturated carbocycles. The van der Waals surface area contributed by atoms with E-state index < -0.39 is 10.1 Å². The summed E-state index contributed by atoms with van der Waals surface area (Å²) in [5, 5.41) is 2.14. The maximum Gasteiger partial charge on any atom is 0.124 e. The van der Waals surface area contributed by atoms with Crippen molar-refractivity contribution in [2.45, 2.75) is 25.3 Å². The molecule has 0 bridgehead atoms. The van der Waals surface area contributed by atoms with Crippen LogP contribution in [0, 0.1) is 6.92 Å². The van der Waals surface area contributed by atoms with Crippen molar-refractivity contribution in [1.29, 1.82) is 0 Å². The van der Waals surface area contributed by atoms with Crippen LogP contribution in [0.1, 0.15) is 17.4 Å². The second-order valence-corrected chi connectivity index (χ2v) is 8.17. The first-order valence-corrected chi connectivity index (χ1v) is 9.30. The third-order valence-corrected chi connectivity index (χ3v) is 5.04. The fourth-order valence-corrected chi connectivity index (χ4v) is 3.02. The fourth-order valence-electron chi connectivity index (χ4n) is 1.64. The Hall–Kier alpha value is -1.21. The molecule has 0 spiro atoms. The highest BCUT2D eigenvalue weighted by Gasteiger charge is 2.12. The van der Waals surface area contributed by atoms with Crippen LogP contribution in [0.3, 0.4) is 0 Å². The summed E-state index contributed by atoms with van der Waals surface area (Å²) < 4.78 is 32.2. The van der Waals surface area contributed by atoms with Gasteiger partial charge in [-0.05, 0) is 37.4 Å². The summed E-state index contributed by atoms with van der Waals surface area (Å²) in [6, 6.07) is 10.1. The molecule has 0 amide bonds. The van der Waals surface area contributed by atoms with Crippen LogP contribution in [0.15, 0.2) is 46.7 Å². The molecule has 1 aromatic carbocycles. The molecule has 1 aromatic heterocycles. The van der Waals surface area contributed by atoms with Crippen molar-refractivity contribution < 1.29 is 17.5 Å². The first-order chi connectivity index (χ1) is 10.1. The zero-order chi connectivity index (χ0) is 16.8. The molecule has 0 unspecified atom stereocenters. The van der Waals surface area contributed by atoms with Gasteiger partial charge in [0.1, 0.15) is 16.7 Å². The second kappa shape index (κ2) is 7.87. The number of thiophene rings is 1. The van der Waals surface area contributed by atoms with E-state index in [9.17, 15) is 13.0 Å². The summed E-state index contributed by atoms with van der Waals surface area (Å²) >= 11 is 1.85. The predicted octanol–water partition coefficient (Wildman–Crippen LogP) is 3.24. The van der Waals surface area contributed by atoms with Crippen molar-refractivity contribution in [2.75, 3.05) is 20.6 Å². The lowest BCUT2D eigenvalue weighted by Gasteiger charge is -2.27. The van der Waals surface area contributed by atoms with Gasteiger partial charge in [0, 0.05) is 0 Å². The van der Waals surface area contributed by atoms with Crippen LogP contribution in [0.4, 0.5) is 0 Å². The van der Waals surface area contributed by atoms with Crippen LogP contribution in [0.25, 0.3) is 0 Å². The molecule has 0 radical (unpaired) electrons. The molecule has 122 valence electrons. The standard InChI is InChI=1S/C9H16NS.C7H8O3S/c1-4-10(2,3)8-9-6-5-7-11-9;1-6-2-4-7(5-3-6)11(8,9)10/h5-7H,4,8H2,1-3H3;2-5H,1H3,(H,8,9,10)/q+1;/p-1. The Balaban J connectivity index is 0.000000220. The zero-order valence-corrected chi connectivity index (χ0v) is 15.1. The Morgan fingerprint density at radius 2 is 1.73 bits per heavy atom. The van der Waals surface area contributed by atoms with E-state index in [1.807, 2.05) is 18.3 Å². The Kier molecular flexibility index (Phi) is 6.74. The highest BCUT2D eigenvalue weighted by molar-refractivity contribution is 7.85. The van der Waals surface area contributed by atoms with Crippen molar-refractivity contribution in [3.63, 3.8) is 0 Å². The van der Waals surface area contributed by atoms with Gasteiger partial charge in [0.2, 0.25) is 0 Å². The summed E-state index contributed by atoms with van der Waals surface area (Å²) in [5.41, 5.74) is 0.928. The van der Waals surface area contributed by atoms with E-state index in [2.05, 4.69) is 38.5 Å². The highest BCUT2D eigenvalue weighted by atomic mass is 32.2. The number of nitrogens with zero attached hydrogens (tertiary/aromatic N) is 1. The van der Waals surface area contributed by atoms with Gasteiger partial charge in [-0.15, -0.1) is 11.3 Å². The van der Waals surface area contributed by atoms with Gasteiger partial charge in [0.05, 0.1) is 30.4 Å². The molecule has 0 atom stereocenters. The van der Waals surface area contributed by atoms with Gasteiger partial charge >= 0.3 is 0 Å². The molecule has 1 heterocycles. The van der Waals surface area contributed by atoms with Gasteiger partial charge in [-0.1, -0.05) is 23.8 Å². The maximum absolute atomic E-state index is 10.4. The smallest absolute Gasteiger partial charge is 0.124 e.